The van der Waals surface area contributed by atoms with E-state index in [1.54, 1.807) is 0 Å². The summed E-state index contributed by atoms with van der Waals surface area (Å²) in [5.74, 6) is 0. The first kappa shape index (κ1) is 19.2. The molecule has 0 heterocycles. The van der Waals surface area contributed by atoms with Gasteiger partial charge in [-0.3, -0.25) is 0 Å². The number of rotatable bonds is 1. The lowest BCUT2D eigenvalue weighted by Gasteiger charge is -2.22. The Hall–Kier alpha value is -4.16. The first-order valence-corrected chi connectivity index (χ1v) is 12.5. The molecule has 0 aromatic heterocycles. The fourth-order valence-electron chi connectivity index (χ4n) is 6.64. The third kappa shape index (κ3) is 2.42. The highest BCUT2D eigenvalue weighted by molar-refractivity contribution is 6.24. The second-order valence-electron chi connectivity index (χ2n) is 10.6. The Balaban J connectivity index is 1.46. The first-order valence-electron chi connectivity index (χ1n) is 12.5. The van der Waals surface area contributed by atoms with Crippen molar-refractivity contribution < 1.29 is 0 Å². The highest BCUT2D eigenvalue weighted by Gasteiger charge is 2.35. The van der Waals surface area contributed by atoms with E-state index in [9.17, 15) is 0 Å². The molecule has 0 fully saturated rings. The van der Waals surface area contributed by atoms with Gasteiger partial charge in [-0.05, 0) is 88.2 Å². The molecule has 35 heavy (non-hydrogen) atoms. The Morgan fingerprint density at radius 2 is 1.03 bits per heavy atom. The van der Waals surface area contributed by atoms with Crippen molar-refractivity contribution in [2.75, 3.05) is 0 Å². The van der Waals surface area contributed by atoms with Gasteiger partial charge in [0.25, 0.3) is 0 Å². The molecule has 0 atom stereocenters. The van der Waals surface area contributed by atoms with Crippen LogP contribution in [-0.2, 0) is 5.41 Å². The lowest BCUT2D eigenvalue weighted by Crippen LogP contribution is -2.15. The molecule has 1 aliphatic carbocycles. The molecule has 0 saturated carbocycles. The summed E-state index contributed by atoms with van der Waals surface area (Å²) in [4.78, 5) is 0. The van der Waals surface area contributed by atoms with Gasteiger partial charge in [0.05, 0.1) is 0 Å². The van der Waals surface area contributed by atoms with Crippen LogP contribution in [0.4, 0.5) is 0 Å². The third-order valence-electron chi connectivity index (χ3n) is 8.40. The van der Waals surface area contributed by atoms with Gasteiger partial charge in [0.1, 0.15) is 0 Å². The summed E-state index contributed by atoms with van der Waals surface area (Å²) in [7, 11) is 0. The highest BCUT2D eigenvalue weighted by Crippen LogP contribution is 2.52. The van der Waals surface area contributed by atoms with Gasteiger partial charge < -0.3 is 0 Å². The number of hydrogen-bond donors (Lipinski definition) is 0. The fraction of sp³-hybridized carbons (Fsp3) is 0.0857. The molecule has 1 aliphatic rings. The molecule has 0 spiro atoms. The van der Waals surface area contributed by atoms with Crippen LogP contribution in [0.25, 0.3) is 65.0 Å². The minimum Gasteiger partial charge on any atom is -0.0616 e. The van der Waals surface area contributed by atoms with E-state index in [0.717, 1.165) is 0 Å². The van der Waals surface area contributed by atoms with Crippen LogP contribution in [0.1, 0.15) is 25.0 Å². The maximum atomic E-state index is 2.43. The van der Waals surface area contributed by atoms with Crippen molar-refractivity contribution in [3.8, 4) is 11.1 Å². The summed E-state index contributed by atoms with van der Waals surface area (Å²) in [6, 6.07) is 40.8. The Kier molecular flexibility index (Phi) is 3.56. The van der Waals surface area contributed by atoms with E-state index < -0.39 is 0 Å². The van der Waals surface area contributed by atoms with Gasteiger partial charge in [0.2, 0.25) is 0 Å². The van der Waals surface area contributed by atoms with Crippen LogP contribution in [0.3, 0.4) is 0 Å². The van der Waals surface area contributed by atoms with E-state index >= 15 is 0 Å². The van der Waals surface area contributed by atoms with Crippen molar-refractivity contribution in [3.63, 3.8) is 0 Å². The second kappa shape index (κ2) is 6.49. The lowest BCUT2D eigenvalue weighted by atomic mass is 9.80. The van der Waals surface area contributed by atoms with Gasteiger partial charge in [-0.1, -0.05) is 111 Å². The largest absolute Gasteiger partial charge is 0.0616 e. The lowest BCUT2D eigenvalue weighted by molar-refractivity contribution is 0.663. The topological polar surface area (TPSA) is 0 Å². The van der Waals surface area contributed by atoms with Gasteiger partial charge in [-0.2, -0.15) is 0 Å². The molecule has 7 aromatic carbocycles. The number of benzene rings is 7. The summed E-state index contributed by atoms with van der Waals surface area (Å²) in [6.07, 6.45) is 0. The van der Waals surface area contributed by atoms with Crippen LogP contribution < -0.4 is 0 Å². The molecule has 0 N–H and O–H groups in total. The second-order valence-corrected chi connectivity index (χ2v) is 10.6. The molecule has 0 bridgehead atoms. The smallest absolute Gasteiger partial charge is 0.0159 e. The predicted octanol–water partition coefficient (Wildman–Crippen LogP) is 9.76. The predicted molar refractivity (Wildman–Crippen MR) is 152 cm³/mol. The minimum atomic E-state index is -0.00888. The molecule has 7 aromatic rings. The number of hydrogen-bond acceptors (Lipinski definition) is 0. The SMILES string of the molecule is CC1(C)c2ccc(-c3ccc4c(ccc5ccccc54)c3)c3ccc4c5ccccc5cc1c4c23. The Labute approximate surface area is 204 Å². The number of fused-ring (bicyclic) bond motifs is 5. The molecule has 0 aliphatic heterocycles. The zero-order chi connectivity index (χ0) is 23.3. The molecule has 0 heteroatoms. The van der Waals surface area contributed by atoms with Crippen LogP contribution in [0.5, 0.6) is 0 Å². The molecule has 0 amide bonds. The van der Waals surface area contributed by atoms with E-state index in [2.05, 4.69) is 123 Å². The molecule has 0 radical (unpaired) electrons. The van der Waals surface area contributed by atoms with Crippen LogP contribution >= 0.6 is 0 Å². The Bertz CT molecular complexity index is 2020. The molecule has 0 saturated heterocycles. The van der Waals surface area contributed by atoms with Gasteiger partial charge in [-0.15, -0.1) is 0 Å². The highest BCUT2D eigenvalue weighted by atomic mass is 14.4. The standard InChI is InChI=1S/C35H24/c1-35(2)31-18-17-28(24-13-14-27-23(19-24)12-11-21-7-3-5-9-25(21)27)30-16-15-29-26-10-6-4-8-22(26)20-32(35)34(29)33(30)31/h3-20H,1-2H3. The van der Waals surface area contributed by atoms with Gasteiger partial charge >= 0.3 is 0 Å². The van der Waals surface area contributed by atoms with Crippen molar-refractivity contribution in [2.24, 2.45) is 0 Å². The van der Waals surface area contributed by atoms with Crippen molar-refractivity contribution in [3.05, 3.63) is 120 Å². The monoisotopic (exact) mass is 444 g/mol. The molecule has 0 nitrogen and oxygen atoms in total. The third-order valence-corrected chi connectivity index (χ3v) is 8.40. The minimum absolute atomic E-state index is 0.00888. The summed E-state index contributed by atoms with van der Waals surface area (Å²) < 4.78 is 0. The molecule has 0 unspecified atom stereocenters. The van der Waals surface area contributed by atoms with Gasteiger partial charge in [0, 0.05) is 5.41 Å². The normalized spacial score (nSPS) is 14.2. The summed E-state index contributed by atoms with van der Waals surface area (Å²) in [5, 5.41) is 13.5. The van der Waals surface area contributed by atoms with Crippen molar-refractivity contribution in [1.29, 1.82) is 0 Å². The van der Waals surface area contributed by atoms with E-state index in [1.165, 1.54) is 76.1 Å². The molecule has 164 valence electrons. The van der Waals surface area contributed by atoms with E-state index in [1.807, 2.05) is 0 Å². The maximum Gasteiger partial charge on any atom is 0.0159 e. The van der Waals surface area contributed by atoms with Gasteiger partial charge in [0.15, 0.2) is 0 Å². The fourth-order valence-corrected chi connectivity index (χ4v) is 6.64. The summed E-state index contributed by atoms with van der Waals surface area (Å²) in [5.41, 5.74) is 5.49. The summed E-state index contributed by atoms with van der Waals surface area (Å²) in [6.45, 7) is 4.76. The Morgan fingerprint density at radius 3 is 1.89 bits per heavy atom. The maximum absolute atomic E-state index is 2.43. The quantitative estimate of drug-likeness (QED) is 0.221. The van der Waals surface area contributed by atoms with E-state index in [-0.39, 0.29) is 5.41 Å². The van der Waals surface area contributed by atoms with Crippen molar-refractivity contribution >= 4 is 53.9 Å². The van der Waals surface area contributed by atoms with Gasteiger partial charge in [-0.25, -0.2) is 0 Å². The van der Waals surface area contributed by atoms with Crippen molar-refractivity contribution in [1.82, 2.24) is 0 Å². The average molecular weight is 445 g/mol. The molecular formula is C35H24. The first-order chi connectivity index (χ1) is 17.1. The zero-order valence-electron chi connectivity index (χ0n) is 19.9. The van der Waals surface area contributed by atoms with Crippen LogP contribution in [0, 0.1) is 0 Å². The van der Waals surface area contributed by atoms with Crippen LogP contribution in [0.15, 0.2) is 109 Å². The molecular weight excluding hydrogens is 420 g/mol. The average Bonchev–Trinajstić information content (AvgIpc) is 3.13. The van der Waals surface area contributed by atoms with Crippen molar-refractivity contribution in [2.45, 2.75) is 19.3 Å². The van der Waals surface area contributed by atoms with E-state index in [4.69, 9.17) is 0 Å². The van der Waals surface area contributed by atoms with Crippen LogP contribution in [-0.4, -0.2) is 0 Å². The van der Waals surface area contributed by atoms with Crippen LogP contribution in [0.2, 0.25) is 0 Å². The molecule has 8 rings (SSSR count). The Morgan fingerprint density at radius 1 is 0.429 bits per heavy atom. The zero-order valence-corrected chi connectivity index (χ0v) is 19.9. The summed E-state index contributed by atoms with van der Waals surface area (Å²) >= 11 is 0. The van der Waals surface area contributed by atoms with E-state index in [0.29, 0.717) is 0 Å².